The van der Waals surface area contributed by atoms with E-state index in [1.165, 1.54) is 5.57 Å². The summed E-state index contributed by atoms with van der Waals surface area (Å²) < 4.78 is 0. The smallest absolute Gasteiger partial charge is 0.0603 e. The van der Waals surface area contributed by atoms with Gasteiger partial charge in [0.25, 0.3) is 0 Å². The largest absolute Gasteiger partial charge is 0.395 e. The van der Waals surface area contributed by atoms with Crippen molar-refractivity contribution < 1.29 is 15.3 Å². The van der Waals surface area contributed by atoms with E-state index in [0.29, 0.717) is 23.7 Å². The third kappa shape index (κ3) is 2.01. The molecule has 0 aromatic carbocycles. The molecule has 3 saturated carbocycles. The Morgan fingerprint density at radius 3 is 2.50 bits per heavy atom. The molecule has 3 fully saturated rings. The van der Waals surface area contributed by atoms with Crippen molar-refractivity contribution in [3.05, 3.63) is 11.6 Å². The van der Waals surface area contributed by atoms with Crippen molar-refractivity contribution in [3.63, 3.8) is 0 Å². The summed E-state index contributed by atoms with van der Waals surface area (Å²) in [6.07, 6.45) is 7.97. The molecule has 0 amide bonds. The van der Waals surface area contributed by atoms with Crippen LogP contribution in [0.25, 0.3) is 0 Å². The number of hydrogen-bond donors (Lipinski definition) is 3. The molecule has 3 N–H and O–H groups in total. The van der Waals surface area contributed by atoms with E-state index in [9.17, 15) is 15.3 Å². The molecule has 0 radical (unpaired) electrons. The lowest BCUT2D eigenvalue weighted by Crippen LogP contribution is -2.56. The first-order valence-corrected chi connectivity index (χ1v) is 10.0. The minimum Gasteiger partial charge on any atom is -0.395 e. The highest BCUT2D eigenvalue weighted by atomic mass is 16.3. The van der Waals surface area contributed by atoms with Crippen LogP contribution in [0.3, 0.4) is 0 Å². The number of aliphatic hydroxyl groups excluding tert-OH is 3. The Morgan fingerprint density at radius 2 is 1.79 bits per heavy atom. The molecule has 0 aliphatic heterocycles. The van der Waals surface area contributed by atoms with Gasteiger partial charge in [0.15, 0.2) is 0 Å². The monoisotopic (exact) mass is 334 g/mol. The van der Waals surface area contributed by atoms with E-state index in [2.05, 4.69) is 26.8 Å². The second-order valence-corrected chi connectivity index (χ2v) is 9.62. The summed E-state index contributed by atoms with van der Waals surface area (Å²) in [6.45, 7) is 6.99. The van der Waals surface area contributed by atoms with Crippen molar-refractivity contribution in [1.29, 1.82) is 0 Å². The standard InChI is InChI=1S/C21H34O3/c1-12-10-16-13(2)17(23)7-9-21(16,11-22)15-6-8-20(3)14(19(12)15)4-5-18(20)24/h10,12-15,17-19,22-24H,4-9,11H2,1-3H3/t12-,13+,14+,15+,17+,18+,19+,20+,21+/m1/s1. The molecule has 0 aromatic rings. The molecular formula is C21H34O3. The summed E-state index contributed by atoms with van der Waals surface area (Å²) in [5.41, 5.74) is 1.28. The van der Waals surface area contributed by atoms with Crippen LogP contribution in [0.5, 0.6) is 0 Å². The van der Waals surface area contributed by atoms with Gasteiger partial charge in [-0.1, -0.05) is 32.4 Å². The fourth-order valence-corrected chi connectivity index (χ4v) is 7.40. The molecule has 0 aromatic heterocycles. The van der Waals surface area contributed by atoms with Crippen LogP contribution in [0.15, 0.2) is 11.6 Å². The van der Waals surface area contributed by atoms with E-state index in [0.717, 1.165) is 38.5 Å². The highest BCUT2D eigenvalue weighted by molar-refractivity contribution is 5.30. The number of rotatable bonds is 1. The van der Waals surface area contributed by atoms with E-state index in [-0.39, 0.29) is 35.6 Å². The van der Waals surface area contributed by atoms with E-state index in [1.807, 2.05) is 0 Å². The zero-order valence-corrected chi connectivity index (χ0v) is 15.4. The van der Waals surface area contributed by atoms with Gasteiger partial charge < -0.3 is 15.3 Å². The van der Waals surface area contributed by atoms with Gasteiger partial charge in [-0.05, 0) is 67.6 Å². The normalized spacial score (nSPS) is 56.9. The summed E-state index contributed by atoms with van der Waals surface area (Å²) in [7, 11) is 0. The van der Waals surface area contributed by atoms with E-state index in [1.54, 1.807) is 0 Å². The Morgan fingerprint density at radius 1 is 1.04 bits per heavy atom. The molecule has 9 atom stereocenters. The van der Waals surface area contributed by atoms with Crippen molar-refractivity contribution in [2.24, 2.45) is 40.4 Å². The molecule has 0 heterocycles. The summed E-state index contributed by atoms with van der Waals surface area (Å²) in [5, 5.41) is 31.5. The van der Waals surface area contributed by atoms with Gasteiger partial charge >= 0.3 is 0 Å². The van der Waals surface area contributed by atoms with Gasteiger partial charge in [0.05, 0.1) is 18.8 Å². The van der Waals surface area contributed by atoms with Crippen LogP contribution < -0.4 is 0 Å². The number of allylic oxidation sites excluding steroid dienone is 1. The van der Waals surface area contributed by atoms with Crippen LogP contribution in [0.4, 0.5) is 0 Å². The second-order valence-electron chi connectivity index (χ2n) is 9.62. The van der Waals surface area contributed by atoms with Gasteiger partial charge in [-0.25, -0.2) is 0 Å². The third-order valence-electron chi connectivity index (χ3n) is 8.85. The molecule has 0 spiro atoms. The van der Waals surface area contributed by atoms with Crippen LogP contribution in [-0.4, -0.2) is 34.1 Å². The maximum atomic E-state index is 10.6. The third-order valence-corrected chi connectivity index (χ3v) is 8.85. The molecule has 24 heavy (non-hydrogen) atoms. The Hall–Kier alpha value is -0.380. The van der Waals surface area contributed by atoms with Gasteiger partial charge in [-0.15, -0.1) is 0 Å². The molecule has 136 valence electrons. The van der Waals surface area contributed by atoms with Crippen LogP contribution in [0.2, 0.25) is 0 Å². The van der Waals surface area contributed by atoms with Crippen molar-refractivity contribution in [2.75, 3.05) is 6.61 Å². The van der Waals surface area contributed by atoms with E-state index >= 15 is 0 Å². The summed E-state index contributed by atoms with van der Waals surface area (Å²) in [6, 6.07) is 0. The average Bonchev–Trinajstić information content (AvgIpc) is 2.87. The van der Waals surface area contributed by atoms with E-state index in [4.69, 9.17) is 0 Å². The number of aliphatic hydroxyl groups is 3. The number of fused-ring (bicyclic) bond motifs is 5. The van der Waals surface area contributed by atoms with Crippen LogP contribution in [0.1, 0.15) is 59.3 Å². The predicted molar refractivity (Wildman–Crippen MR) is 94.2 cm³/mol. The van der Waals surface area contributed by atoms with Crippen LogP contribution in [0, 0.1) is 40.4 Å². The number of hydrogen-bond acceptors (Lipinski definition) is 3. The summed E-state index contributed by atoms with van der Waals surface area (Å²) in [4.78, 5) is 0. The minimum atomic E-state index is -0.262. The average molecular weight is 334 g/mol. The Balaban J connectivity index is 1.78. The first-order chi connectivity index (χ1) is 11.3. The molecule has 4 aliphatic rings. The lowest BCUT2D eigenvalue weighted by molar-refractivity contribution is -0.107. The lowest BCUT2D eigenvalue weighted by Gasteiger charge is -2.60. The first kappa shape index (κ1) is 17.1. The SMILES string of the molecule is C[C@@H]1C=C2[C@H](C)[C@@H](O)CC[C@]2(CO)[C@H]2CC[C@]3(C)[C@@H](O)CC[C@H]3[C@H]12. The fraction of sp³-hybridized carbons (Fsp3) is 0.905. The molecular weight excluding hydrogens is 300 g/mol. The molecule has 0 saturated heterocycles. The van der Waals surface area contributed by atoms with Crippen molar-refractivity contribution in [1.82, 2.24) is 0 Å². The van der Waals surface area contributed by atoms with Gasteiger partial charge in [-0.2, -0.15) is 0 Å². The molecule has 3 nitrogen and oxygen atoms in total. The quantitative estimate of drug-likeness (QED) is 0.646. The van der Waals surface area contributed by atoms with Gasteiger partial charge in [0.2, 0.25) is 0 Å². The summed E-state index contributed by atoms with van der Waals surface area (Å²) in [5.74, 6) is 2.30. The highest BCUT2D eigenvalue weighted by Crippen LogP contribution is 2.66. The van der Waals surface area contributed by atoms with Crippen molar-refractivity contribution in [2.45, 2.75) is 71.5 Å². The Bertz CT molecular complexity index is 543. The topological polar surface area (TPSA) is 60.7 Å². The van der Waals surface area contributed by atoms with Crippen molar-refractivity contribution in [3.8, 4) is 0 Å². The zero-order chi connectivity index (χ0) is 17.3. The van der Waals surface area contributed by atoms with Gasteiger partial charge in [-0.3, -0.25) is 0 Å². The molecule has 0 unspecified atom stereocenters. The first-order valence-electron chi connectivity index (χ1n) is 10.0. The fourth-order valence-electron chi connectivity index (χ4n) is 7.40. The Kier molecular flexibility index (Phi) is 3.95. The maximum absolute atomic E-state index is 10.6. The molecule has 0 bridgehead atoms. The predicted octanol–water partition coefficient (Wildman–Crippen LogP) is 3.14. The highest BCUT2D eigenvalue weighted by Gasteiger charge is 2.61. The molecule has 3 heteroatoms. The lowest BCUT2D eigenvalue weighted by atomic mass is 9.44. The maximum Gasteiger partial charge on any atom is 0.0603 e. The van der Waals surface area contributed by atoms with Crippen LogP contribution in [-0.2, 0) is 0 Å². The zero-order valence-electron chi connectivity index (χ0n) is 15.4. The second kappa shape index (κ2) is 5.56. The van der Waals surface area contributed by atoms with Gasteiger partial charge in [0.1, 0.15) is 0 Å². The van der Waals surface area contributed by atoms with Gasteiger partial charge in [0, 0.05) is 11.3 Å². The minimum absolute atomic E-state index is 0.0667. The Labute approximate surface area is 146 Å². The van der Waals surface area contributed by atoms with E-state index < -0.39 is 0 Å². The van der Waals surface area contributed by atoms with Crippen molar-refractivity contribution >= 4 is 0 Å². The molecule has 4 aliphatic carbocycles. The summed E-state index contributed by atoms with van der Waals surface area (Å²) >= 11 is 0. The van der Waals surface area contributed by atoms with Crippen LogP contribution >= 0.6 is 0 Å². The molecule has 4 rings (SSSR count).